The zero-order valence-corrected chi connectivity index (χ0v) is 20.0. The maximum absolute atomic E-state index is 13.5. The molecule has 8 nitrogen and oxygen atoms in total. The Morgan fingerprint density at radius 2 is 1.66 bits per heavy atom. The average molecular weight is 525 g/mol. The molecule has 0 aliphatic heterocycles. The third-order valence-electron chi connectivity index (χ3n) is 6.02. The summed E-state index contributed by atoms with van der Waals surface area (Å²) in [6.07, 6.45) is 0.0446. The molecule has 1 saturated carbocycles. The van der Waals surface area contributed by atoms with Crippen LogP contribution < -0.4 is 20.1 Å². The van der Waals surface area contributed by atoms with Gasteiger partial charge in [0.15, 0.2) is 13.2 Å². The summed E-state index contributed by atoms with van der Waals surface area (Å²) < 4.78 is 24.3. The van der Waals surface area contributed by atoms with E-state index in [1.807, 2.05) is 0 Å². The van der Waals surface area contributed by atoms with Crippen LogP contribution >= 0.6 is 23.2 Å². The fourth-order valence-electron chi connectivity index (χ4n) is 4.15. The van der Waals surface area contributed by atoms with Gasteiger partial charge in [0, 0.05) is 23.2 Å². The summed E-state index contributed by atoms with van der Waals surface area (Å²) in [7, 11) is 0. The van der Waals surface area contributed by atoms with Gasteiger partial charge in [0.2, 0.25) is 0 Å². The molecule has 186 valence electrons. The van der Waals surface area contributed by atoms with Crippen molar-refractivity contribution in [2.75, 3.05) is 13.2 Å². The average Bonchev–Trinajstić information content (AvgIpc) is 2.80. The highest BCUT2D eigenvalue weighted by molar-refractivity contribution is 6.31. The molecule has 2 amide bonds. The minimum atomic E-state index is -0.906. The fourth-order valence-corrected chi connectivity index (χ4v) is 4.44. The largest absolute Gasteiger partial charge is 0.484 e. The molecular formula is C24H23Cl2FN2O6. The smallest absolute Gasteiger partial charge is 0.262 e. The first-order chi connectivity index (χ1) is 16.7. The van der Waals surface area contributed by atoms with Crippen LogP contribution in [-0.4, -0.2) is 46.9 Å². The fraction of sp³-hybridized carbons (Fsp3) is 0.333. The number of benzene rings is 2. The molecule has 3 aliphatic carbocycles. The van der Waals surface area contributed by atoms with Crippen molar-refractivity contribution in [2.24, 2.45) is 0 Å². The van der Waals surface area contributed by atoms with Gasteiger partial charge in [-0.15, -0.1) is 0 Å². The Bertz CT molecular complexity index is 1180. The van der Waals surface area contributed by atoms with Crippen molar-refractivity contribution in [3.63, 3.8) is 0 Å². The number of hydrogen-bond donors (Lipinski definition) is 4. The van der Waals surface area contributed by atoms with Crippen LogP contribution in [0.2, 0.25) is 10.0 Å². The van der Waals surface area contributed by atoms with E-state index < -0.39 is 29.3 Å². The van der Waals surface area contributed by atoms with E-state index in [2.05, 4.69) is 10.6 Å². The standard InChI is InChI=1S/C24H23Cl2FN2O6/c25-17-3-1-15(5-13(17)10-30)34-11-22(32)28-20-7-21(31)24(8-14(20)9-24)29-23(33)12-35-16-2-4-18(26)19(27)6-16/h1-6,21,30-31H,7-12H2,(H,28,32)(H,29,33)/t21-/m0/s1. The van der Waals surface area contributed by atoms with Gasteiger partial charge in [0.25, 0.3) is 11.8 Å². The van der Waals surface area contributed by atoms with Gasteiger partial charge >= 0.3 is 0 Å². The summed E-state index contributed by atoms with van der Waals surface area (Å²) >= 11 is 11.6. The summed E-state index contributed by atoms with van der Waals surface area (Å²) in [5, 5.41) is 25.9. The Labute approximate surface area is 210 Å². The second kappa shape index (κ2) is 10.4. The number of hydrogen-bond acceptors (Lipinski definition) is 6. The number of halogens is 3. The summed E-state index contributed by atoms with van der Waals surface area (Å²) in [6, 6.07) is 8.59. The summed E-state index contributed by atoms with van der Waals surface area (Å²) in [5.41, 5.74) is 1.21. The lowest BCUT2D eigenvalue weighted by Crippen LogP contribution is -2.65. The monoisotopic (exact) mass is 524 g/mol. The molecule has 2 bridgehead atoms. The van der Waals surface area contributed by atoms with E-state index in [4.69, 9.17) is 32.7 Å². The number of aliphatic hydroxyl groups is 2. The topological polar surface area (TPSA) is 117 Å². The zero-order valence-electron chi connectivity index (χ0n) is 18.4. The number of carbonyl (C=O) groups is 2. The minimum absolute atomic E-state index is 0.0462. The third-order valence-corrected chi connectivity index (χ3v) is 6.69. The van der Waals surface area contributed by atoms with Crippen molar-refractivity contribution in [1.82, 2.24) is 10.6 Å². The van der Waals surface area contributed by atoms with Crippen LogP contribution in [0.4, 0.5) is 4.39 Å². The molecule has 11 heteroatoms. The van der Waals surface area contributed by atoms with Crippen molar-refractivity contribution in [2.45, 2.75) is 37.5 Å². The van der Waals surface area contributed by atoms with Gasteiger partial charge in [-0.1, -0.05) is 23.2 Å². The van der Waals surface area contributed by atoms with Crippen LogP contribution in [0.3, 0.4) is 0 Å². The highest BCUT2D eigenvalue weighted by atomic mass is 35.5. The lowest BCUT2D eigenvalue weighted by molar-refractivity contribution is -0.129. The van der Waals surface area contributed by atoms with Gasteiger partial charge in [-0.2, -0.15) is 0 Å². The Hall–Kier alpha value is -2.85. The lowest BCUT2D eigenvalue weighted by atomic mass is 9.62. The van der Waals surface area contributed by atoms with Gasteiger partial charge in [0.05, 0.1) is 23.3 Å². The van der Waals surface area contributed by atoms with Crippen molar-refractivity contribution in [1.29, 1.82) is 0 Å². The van der Waals surface area contributed by atoms with E-state index in [1.165, 1.54) is 12.1 Å². The first-order valence-corrected chi connectivity index (χ1v) is 11.5. The molecule has 1 fully saturated rings. The molecule has 4 N–H and O–H groups in total. The molecule has 2 aromatic carbocycles. The van der Waals surface area contributed by atoms with E-state index in [-0.39, 0.29) is 37.0 Å². The number of rotatable bonds is 9. The maximum Gasteiger partial charge on any atom is 0.262 e. The van der Waals surface area contributed by atoms with Gasteiger partial charge in [-0.3, -0.25) is 9.59 Å². The molecule has 0 heterocycles. The zero-order chi connectivity index (χ0) is 25.2. The Balaban J connectivity index is 1.27. The third kappa shape index (κ3) is 5.70. The molecule has 0 saturated heterocycles. The molecule has 5 rings (SSSR count). The second-order valence-corrected chi connectivity index (χ2v) is 9.29. The van der Waals surface area contributed by atoms with Crippen LogP contribution in [0.15, 0.2) is 47.7 Å². The summed E-state index contributed by atoms with van der Waals surface area (Å²) in [5.74, 6) is -0.945. The molecule has 0 spiro atoms. The van der Waals surface area contributed by atoms with Crippen LogP contribution in [0.5, 0.6) is 11.5 Å². The maximum atomic E-state index is 13.5. The van der Waals surface area contributed by atoms with Crippen LogP contribution in [0.25, 0.3) is 0 Å². The predicted octanol–water partition coefficient (Wildman–Crippen LogP) is 2.87. The lowest BCUT2D eigenvalue weighted by Gasteiger charge is -2.52. The van der Waals surface area contributed by atoms with Crippen molar-refractivity contribution >= 4 is 35.0 Å². The Morgan fingerprint density at radius 1 is 1.03 bits per heavy atom. The Morgan fingerprint density at radius 3 is 2.29 bits per heavy atom. The first kappa shape index (κ1) is 25.2. The molecule has 2 aromatic rings. The SMILES string of the molecule is O=C(COc1ccc(Cl)c(CO)c1)NC1=C2CC(NC(=O)COc3ccc(Cl)c(F)c3)(C2)[C@@H](O)C1. The van der Waals surface area contributed by atoms with Crippen molar-refractivity contribution in [3.05, 3.63) is 69.1 Å². The predicted molar refractivity (Wildman–Crippen MR) is 126 cm³/mol. The van der Waals surface area contributed by atoms with E-state index in [0.29, 0.717) is 34.9 Å². The van der Waals surface area contributed by atoms with Gasteiger partial charge < -0.3 is 30.3 Å². The molecule has 0 aromatic heterocycles. The van der Waals surface area contributed by atoms with E-state index >= 15 is 0 Å². The summed E-state index contributed by atoms with van der Waals surface area (Å²) in [4.78, 5) is 24.7. The van der Waals surface area contributed by atoms with Gasteiger partial charge in [-0.25, -0.2) is 4.39 Å². The highest BCUT2D eigenvalue weighted by Crippen LogP contribution is 2.47. The molecule has 0 unspecified atom stereocenters. The molecule has 1 atom stereocenters. The molecule has 0 radical (unpaired) electrons. The minimum Gasteiger partial charge on any atom is -0.484 e. The van der Waals surface area contributed by atoms with Crippen molar-refractivity contribution < 1.29 is 33.7 Å². The van der Waals surface area contributed by atoms with Crippen molar-refractivity contribution in [3.8, 4) is 11.5 Å². The van der Waals surface area contributed by atoms with Gasteiger partial charge in [0.1, 0.15) is 17.3 Å². The first-order valence-electron chi connectivity index (χ1n) is 10.8. The molecular weight excluding hydrogens is 502 g/mol. The van der Waals surface area contributed by atoms with E-state index in [1.54, 1.807) is 18.2 Å². The molecule has 35 heavy (non-hydrogen) atoms. The quantitative estimate of drug-likeness (QED) is 0.400. The number of carbonyl (C=O) groups excluding carboxylic acids is 2. The van der Waals surface area contributed by atoms with Crippen LogP contribution in [0, 0.1) is 5.82 Å². The second-order valence-electron chi connectivity index (χ2n) is 8.47. The number of amides is 2. The Kier molecular flexibility index (Phi) is 7.51. The highest BCUT2D eigenvalue weighted by Gasteiger charge is 2.52. The number of ether oxygens (including phenoxy) is 2. The number of aliphatic hydroxyl groups excluding tert-OH is 2. The number of nitrogens with one attached hydrogen (secondary N) is 2. The number of fused-ring (bicyclic) bond motifs is 2. The van der Waals surface area contributed by atoms with Crippen LogP contribution in [-0.2, 0) is 16.2 Å². The van der Waals surface area contributed by atoms with Gasteiger partial charge in [-0.05, 0) is 54.3 Å². The summed E-state index contributed by atoms with van der Waals surface area (Å²) in [6.45, 7) is -0.859. The van der Waals surface area contributed by atoms with E-state index in [0.717, 1.165) is 11.6 Å². The normalized spacial score (nSPS) is 20.7. The van der Waals surface area contributed by atoms with E-state index in [9.17, 15) is 24.2 Å². The molecule has 3 aliphatic rings. The van der Waals surface area contributed by atoms with Crippen LogP contribution in [0.1, 0.15) is 24.8 Å².